The van der Waals surface area contributed by atoms with E-state index in [0.29, 0.717) is 38.2 Å². The lowest BCUT2D eigenvalue weighted by Gasteiger charge is -2.41. The summed E-state index contributed by atoms with van der Waals surface area (Å²) in [5, 5.41) is 10.9. The van der Waals surface area contributed by atoms with Gasteiger partial charge in [0.2, 0.25) is 11.8 Å². The summed E-state index contributed by atoms with van der Waals surface area (Å²) < 4.78 is 42.2. The highest BCUT2D eigenvalue weighted by Crippen LogP contribution is 2.36. The van der Waals surface area contributed by atoms with E-state index in [1.807, 2.05) is 25.2 Å². The summed E-state index contributed by atoms with van der Waals surface area (Å²) in [4.78, 5) is 27.9. The average molecular weight is 493 g/mol. The molecule has 1 aromatic heterocycles. The number of aryl methyl sites for hydroxylation is 1. The zero-order chi connectivity index (χ0) is 24.7. The molecular weight excluding hydrogens is 461 g/mol. The molecule has 5 rings (SSSR count). The number of imide groups is 1. The fourth-order valence-corrected chi connectivity index (χ4v) is 5.79. The normalized spacial score (nSPS) is 25.3. The number of rotatable bonds is 4. The van der Waals surface area contributed by atoms with Crippen molar-refractivity contribution >= 4 is 28.4 Å². The number of hydrogen-bond donors (Lipinski definition) is 2. The van der Waals surface area contributed by atoms with Gasteiger partial charge < -0.3 is 10.2 Å². The lowest BCUT2D eigenvalue weighted by Crippen LogP contribution is -2.59. The largest absolute Gasteiger partial charge is 0.405 e. The monoisotopic (exact) mass is 492 g/mol. The van der Waals surface area contributed by atoms with E-state index in [2.05, 4.69) is 20.6 Å². The molecule has 0 aliphatic carbocycles. The molecule has 2 aromatic rings. The van der Waals surface area contributed by atoms with E-state index in [0.717, 1.165) is 42.5 Å². The van der Waals surface area contributed by atoms with Crippen LogP contribution in [0, 0.1) is 5.92 Å². The van der Waals surface area contributed by atoms with Gasteiger partial charge in [0, 0.05) is 58.1 Å². The fraction of sp³-hybridized carbons (Fsp3) is 0.625. The Kier molecular flexibility index (Phi) is 6.47. The molecule has 0 bridgehead atoms. The van der Waals surface area contributed by atoms with Gasteiger partial charge in [-0.25, -0.2) is 0 Å². The number of nitrogens with one attached hydrogen (secondary N) is 2. The highest BCUT2D eigenvalue weighted by Gasteiger charge is 2.45. The number of piperidine rings is 2. The Balaban J connectivity index is 1.30. The maximum atomic E-state index is 13.5. The van der Waals surface area contributed by atoms with Crippen LogP contribution in [0.25, 0.3) is 10.9 Å². The van der Waals surface area contributed by atoms with Crippen LogP contribution in [0.1, 0.15) is 37.3 Å². The van der Waals surface area contributed by atoms with Gasteiger partial charge >= 0.3 is 6.18 Å². The first-order chi connectivity index (χ1) is 16.7. The zero-order valence-electron chi connectivity index (χ0n) is 19.8. The first kappa shape index (κ1) is 24.1. The van der Waals surface area contributed by atoms with Gasteiger partial charge in [0.05, 0.1) is 22.8 Å². The van der Waals surface area contributed by atoms with E-state index in [4.69, 9.17) is 0 Å². The zero-order valence-corrected chi connectivity index (χ0v) is 19.8. The van der Waals surface area contributed by atoms with E-state index in [-0.39, 0.29) is 24.3 Å². The maximum absolute atomic E-state index is 13.5. The molecule has 0 radical (unpaired) electrons. The van der Waals surface area contributed by atoms with Crippen LogP contribution in [0.3, 0.4) is 0 Å². The van der Waals surface area contributed by atoms with Crippen LogP contribution >= 0.6 is 0 Å². The number of amides is 2. The second-order valence-electron chi connectivity index (χ2n) is 9.87. The van der Waals surface area contributed by atoms with E-state index in [1.165, 1.54) is 0 Å². The van der Waals surface area contributed by atoms with Crippen molar-refractivity contribution in [2.24, 2.45) is 13.0 Å². The third kappa shape index (κ3) is 4.75. The standard InChI is InChI=1S/C24H31F3N6O2/c1-31-22-16(21(30-31)17-5-6-20(34)29-23(17)35)3-2-4-18(22)32-10-7-15(8-11-32)14-33-12-9-28-13-19(33)24(25,26)27/h2-4,15,17,19,28H,5-14H2,1H3,(H,29,34,35)/t17?,19-/m1/s1. The third-order valence-electron chi connectivity index (χ3n) is 7.62. The van der Waals surface area contributed by atoms with Crippen molar-refractivity contribution in [2.75, 3.05) is 44.2 Å². The molecule has 3 aliphatic rings. The number of benzene rings is 1. The number of halogens is 3. The van der Waals surface area contributed by atoms with Crippen molar-refractivity contribution in [3.8, 4) is 0 Å². The molecule has 2 amide bonds. The van der Waals surface area contributed by atoms with Gasteiger partial charge in [-0.05, 0) is 31.2 Å². The molecule has 8 nitrogen and oxygen atoms in total. The van der Waals surface area contributed by atoms with Crippen LogP contribution < -0.4 is 15.5 Å². The summed E-state index contributed by atoms with van der Waals surface area (Å²) in [5.74, 6) is -0.799. The molecule has 3 saturated heterocycles. The molecule has 4 heterocycles. The van der Waals surface area contributed by atoms with Crippen LogP contribution in [0.2, 0.25) is 0 Å². The van der Waals surface area contributed by atoms with Gasteiger partial charge in [0.1, 0.15) is 6.04 Å². The van der Waals surface area contributed by atoms with E-state index >= 15 is 0 Å². The molecule has 3 aliphatic heterocycles. The molecule has 11 heteroatoms. The predicted octanol–water partition coefficient (Wildman–Crippen LogP) is 2.15. The minimum absolute atomic E-state index is 0.0413. The number of anilines is 1. The molecule has 190 valence electrons. The van der Waals surface area contributed by atoms with Crippen molar-refractivity contribution in [3.05, 3.63) is 23.9 Å². The predicted molar refractivity (Wildman–Crippen MR) is 125 cm³/mol. The number of aromatic nitrogens is 2. The number of fused-ring (bicyclic) bond motifs is 1. The Morgan fingerprint density at radius 2 is 1.89 bits per heavy atom. The van der Waals surface area contributed by atoms with Crippen molar-refractivity contribution in [2.45, 2.75) is 43.8 Å². The van der Waals surface area contributed by atoms with E-state index in [1.54, 1.807) is 9.58 Å². The van der Waals surface area contributed by atoms with Crippen LogP contribution in [-0.4, -0.2) is 78.0 Å². The van der Waals surface area contributed by atoms with Crippen LogP contribution in [0.15, 0.2) is 18.2 Å². The number of hydrogen-bond acceptors (Lipinski definition) is 6. The summed E-state index contributed by atoms with van der Waals surface area (Å²) >= 11 is 0. The molecule has 2 N–H and O–H groups in total. The van der Waals surface area contributed by atoms with Gasteiger partial charge in [-0.2, -0.15) is 18.3 Å². The SMILES string of the molecule is Cn1nc(C2CCC(=O)NC2=O)c2cccc(N3CCC(CN4CCNC[C@@H]4C(F)(F)F)CC3)c21. The molecule has 0 saturated carbocycles. The highest BCUT2D eigenvalue weighted by molar-refractivity contribution is 6.03. The Hall–Kier alpha value is -2.66. The van der Waals surface area contributed by atoms with Gasteiger partial charge in [0.15, 0.2) is 0 Å². The first-order valence-electron chi connectivity index (χ1n) is 12.3. The van der Waals surface area contributed by atoms with Crippen molar-refractivity contribution in [1.29, 1.82) is 0 Å². The average Bonchev–Trinajstić information content (AvgIpc) is 3.16. The highest BCUT2D eigenvalue weighted by atomic mass is 19.4. The smallest absolute Gasteiger partial charge is 0.370 e. The lowest BCUT2D eigenvalue weighted by molar-refractivity contribution is -0.188. The number of alkyl halides is 3. The number of para-hydroxylation sites is 1. The molecular formula is C24H31F3N6O2. The molecule has 3 fully saturated rings. The lowest BCUT2D eigenvalue weighted by atomic mass is 9.92. The maximum Gasteiger partial charge on any atom is 0.405 e. The van der Waals surface area contributed by atoms with Crippen LogP contribution in [0.5, 0.6) is 0 Å². The number of piperazine rings is 1. The minimum atomic E-state index is -4.22. The molecule has 1 aromatic carbocycles. The summed E-state index contributed by atoms with van der Waals surface area (Å²) in [6.07, 6.45) is -1.84. The van der Waals surface area contributed by atoms with E-state index < -0.39 is 18.1 Å². The van der Waals surface area contributed by atoms with Crippen LogP contribution in [-0.2, 0) is 16.6 Å². The molecule has 0 spiro atoms. The molecule has 35 heavy (non-hydrogen) atoms. The van der Waals surface area contributed by atoms with E-state index in [9.17, 15) is 22.8 Å². The van der Waals surface area contributed by atoms with Gasteiger partial charge in [-0.15, -0.1) is 0 Å². The number of carbonyl (C=O) groups excluding carboxylic acids is 2. The summed E-state index contributed by atoms with van der Waals surface area (Å²) in [6.45, 7) is 2.94. The van der Waals surface area contributed by atoms with Crippen molar-refractivity contribution < 1.29 is 22.8 Å². The summed E-state index contributed by atoms with van der Waals surface area (Å²) in [7, 11) is 1.86. The summed E-state index contributed by atoms with van der Waals surface area (Å²) in [5.41, 5.74) is 2.64. The number of carbonyl (C=O) groups is 2. The minimum Gasteiger partial charge on any atom is -0.370 e. The quantitative estimate of drug-likeness (QED) is 0.637. The van der Waals surface area contributed by atoms with Gasteiger partial charge in [-0.1, -0.05) is 12.1 Å². The Morgan fingerprint density at radius 3 is 2.60 bits per heavy atom. The van der Waals surface area contributed by atoms with Gasteiger partial charge in [-0.3, -0.25) is 24.5 Å². The second-order valence-corrected chi connectivity index (χ2v) is 9.87. The van der Waals surface area contributed by atoms with Crippen LogP contribution in [0.4, 0.5) is 18.9 Å². The first-order valence-corrected chi connectivity index (χ1v) is 12.3. The van der Waals surface area contributed by atoms with Crippen molar-refractivity contribution in [3.63, 3.8) is 0 Å². The molecule has 2 atom stereocenters. The third-order valence-corrected chi connectivity index (χ3v) is 7.62. The Bertz CT molecular complexity index is 1110. The Morgan fingerprint density at radius 1 is 1.11 bits per heavy atom. The second kappa shape index (κ2) is 9.42. The van der Waals surface area contributed by atoms with Gasteiger partial charge in [0.25, 0.3) is 0 Å². The summed E-state index contributed by atoms with van der Waals surface area (Å²) in [6, 6.07) is 4.53. The topological polar surface area (TPSA) is 82.5 Å². The molecule has 1 unspecified atom stereocenters. The number of nitrogens with zero attached hydrogens (tertiary/aromatic N) is 4. The Labute approximate surface area is 201 Å². The fourth-order valence-electron chi connectivity index (χ4n) is 5.79. The van der Waals surface area contributed by atoms with Crippen molar-refractivity contribution in [1.82, 2.24) is 25.3 Å².